The number of carbonyl (C=O) groups is 2. The van der Waals surface area contributed by atoms with Crippen LogP contribution in [0.3, 0.4) is 0 Å². The van der Waals surface area contributed by atoms with E-state index in [1.807, 2.05) is 18.7 Å². The van der Waals surface area contributed by atoms with Crippen LogP contribution in [0, 0.1) is 13.8 Å². The van der Waals surface area contributed by atoms with Gasteiger partial charge in [-0.15, -0.1) is 0 Å². The van der Waals surface area contributed by atoms with Gasteiger partial charge in [-0.2, -0.15) is 0 Å². The highest BCUT2D eigenvalue weighted by molar-refractivity contribution is 7.90. The summed E-state index contributed by atoms with van der Waals surface area (Å²) in [6.45, 7) is 6.78. The standard InChI is InChI=1S/C34H37Cl2FN4O4S/c1-20-25(17-33(42)41-12-4-5-23(41)18-40-13-10-22(37)11-14-40)21(2)38-32(20)16-27-26-15-24(8-9-31(26)39-34(27)43)46(44,45)19-28-29(35)6-3-7-30(28)36/h3,6-9,15-16,22-23,38H,4-5,10-14,17-19H2,1-2H3,(H,39,43)/b27-16-/t23-/m1/s1. The predicted molar refractivity (Wildman–Crippen MR) is 180 cm³/mol. The highest BCUT2D eigenvalue weighted by Gasteiger charge is 2.33. The first kappa shape index (κ1) is 32.7. The van der Waals surface area contributed by atoms with Gasteiger partial charge in [0.05, 0.1) is 22.6 Å². The number of halogens is 3. The zero-order valence-corrected chi connectivity index (χ0v) is 28.2. The first-order valence-electron chi connectivity index (χ1n) is 15.6. The summed E-state index contributed by atoms with van der Waals surface area (Å²) in [5.74, 6) is -0.672. The fourth-order valence-electron chi connectivity index (χ4n) is 6.81. The third kappa shape index (κ3) is 6.63. The van der Waals surface area contributed by atoms with Crippen LogP contribution in [0.1, 0.15) is 59.3 Å². The second-order valence-electron chi connectivity index (χ2n) is 12.5. The number of carbonyl (C=O) groups excluding carboxylic acids is 2. The molecule has 1 atom stereocenters. The number of aryl methyl sites for hydroxylation is 1. The maximum atomic E-state index is 13.6. The monoisotopic (exact) mass is 686 g/mol. The summed E-state index contributed by atoms with van der Waals surface area (Å²) in [6, 6.07) is 9.51. The van der Waals surface area contributed by atoms with Gasteiger partial charge in [0, 0.05) is 70.5 Å². The maximum Gasteiger partial charge on any atom is 0.256 e. The van der Waals surface area contributed by atoms with Crippen LogP contribution in [-0.2, 0) is 31.6 Å². The molecule has 3 aliphatic rings. The minimum absolute atomic E-state index is 0.0459. The van der Waals surface area contributed by atoms with Crippen molar-refractivity contribution in [2.24, 2.45) is 0 Å². The van der Waals surface area contributed by atoms with Gasteiger partial charge in [0.1, 0.15) is 6.17 Å². The summed E-state index contributed by atoms with van der Waals surface area (Å²) in [7, 11) is -3.85. The predicted octanol–water partition coefficient (Wildman–Crippen LogP) is 6.37. The summed E-state index contributed by atoms with van der Waals surface area (Å²) in [4.78, 5) is 34.3. The Hall–Kier alpha value is -3.18. The van der Waals surface area contributed by atoms with Gasteiger partial charge in [-0.25, -0.2) is 12.8 Å². The topological polar surface area (TPSA) is 103 Å². The number of sulfone groups is 1. The molecule has 0 unspecified atom stereocenters. The van der Waals surface area contributed by atoms with Crippen molar-refractivity contribution in [2.45, 2.75) is 68.8 Å². The van der Waals surface area contributed by atoms with Crippen molar-refractivity contribution in [3.63, 3.8) is 0 Å². The van der Waals surface area contributed by atoms with Crippen molar-refractivity contribution >= 4 is 62.2 Å². The van der Waals surface area contributed by atoms with E-state index in [0.717, 1.165) is 49.3 Å². The van der Waals surface area contributed by atoms with Crippen LogP contribution in [-0.4, -0.2) is 73.4 Å². The minimum Gasteiger partial charge on any atom is -0.359 e. The lowest BCUT2D eigenvalue weighted by atomic mass is 10.0. The third-order valence-electron chi connectivity index (χ3n) is 9.46. The van der Waals surface area contributed by atoms with Crippen LogP contribution in [0.5, 0.6) is 0 Å². The Kier molecular flexibility index (Phi) is 9.36. The lowest BCUT2D eigenvalue weighted by molar-refractivity contribution is -0.131. The van der Waals surface area contributed by atoms with Gasteiger partial charge in [0.15, 0.2) is 9.84 Å². The van der Waals surface area contributed by atoms with Crippen molar-refractivity contribution in [3.05, 3.63) is 80.1 Å². The summed E-state index contributed by atoms with van der Waals surface area (Å²) in [5, 5.41) is 3.35. The molecule has 0 aliphatic carbocycles. The number of hydrogen-bond donors (Lipinski definition) is 2. The van der Waals surface area contributed by atoms with Gasteiger partial charge in [-0.3, -0.25) is 9.59 Å². The summed E-state index contributed by atoms with van der Waals surface area (Å²) < 4.78 is 40.5. The number of benzene rings is 2. The number of anilines is 1. The lowest BCUT2D eigenvalue weighted by Crippen LogP contribution is -2.46. The fourth-order valence-corrected chi connectivity index (χ4v) is 8.93. The number of nitrogens with one attached hydrogen (secondary N) is 2. The van der Waals surface area contributed by atoms with Crippen molar-refractivity contribution in [1.82, 2.24) is 14.8 Å². The first-order chi connectivity index (χ1) is 21.9. The second kappa shape index (κ2) is 13.1. The van der Waals surface area contributed by atoms with Crippen LogP contribution < -0.4 is 5.32 Å². The number of fused-ring (bicyclic) bond motifs is 1. The van der Waals surface area contributed by atoms with Gasteiger partial charge in [-0.05, 0) is 87.1 Å². The molecule has 0 bridgehead atoms. The van der Waals surface area contributed by atoms with Gasteiger partial charge >= 0.3 is 0 Å². The lowest BCUT2D eigenvalue weighted by Gasteiger charge is -2.34. The minimum atomic E-state index is -3.85. The average Bonchev–Trinajstić information content (AvgIpc) is 3.68. The van der Waals surface area contributed by atoms with E-state index in [9.17, 15) is 22.4 Å². The first-order valence-corrected chi connectivity index (χ1v) is 18.0. The third-order valence-corrected chi connectivity index (χ3v) is 11.8. The van der Waals surface area contributed by atoms with Crippen molar-refractivity contribution in [3.8, 4) is 0 Å². The Balaban J connectivity index is 1.22. The molecule has 2 amide bonds. The van der Waals surface area contributed by atoms with Crippen LogP contribution in [0.15, 0.2) is 41.3 Å². The second-order valence-corrected chi connectivity index (χ2v) is 15.3. The molecule has 8 nitrogen and oxygen atoms in total. The molecular formula is C34H37Cl2FN4O4S. The van der Waals surface area contributed by atoms with Gasteiger partial charge < -0.3 is 20.1 Å². The van der Waals surface area contributed by atoms with E-state index in [4.69, 9.17) is 23.2 Å². The molecule has 2 N–H and O–H groups in total. The summed E-state index contributed by atoms with van der Waals surface area (Å²) in [6.07, 6.45) is 4.23. The molecule has 2 fully saturated rings. The fraction of sp³-hybridized carbons (Fsp3) is 0.412. The van der Waals surface area contributed by atoms with Crippen LogP contribution >= 0.6 is 23.2 Å². The van der Waals surface area contributed by atoms with Crippen molar-refractivity contribution in [2.75, 3.05) is 31.5 Å². The number of alkyl halides is 1. The Morgan fingerprint density at radius 2 is 1.76 bits per heavy atom. The number of piperidine rings is 1. The molecule has 0 spiro atoms. The van der Waals surface area contributed by atoms with E-state index >= 15 is 0 Å². The Labute approximate surface area is 278 Å². The molecule has 2 saturated heterocycles. The molecule has 0 saturated carbocycles. The smallest absolute Gasteiger partial charge is 0.256 e. The SMILES string of the molecule is Cc1[nH]c(/C=C2\C(=O)Nc3ccc(S(=O)(=O)Cc4c(Cl)cccc4Cl)cc32)c(C)c1CC(=O)N1CCC[C@@H]1CN1CCC(F)CC1. The molecule has 4 heterocycles. The zero-order valence-electron chi connectivity index (χ0n) is 25.8. The highest BCUT2D eigenvalue weighted by atomic mass is 35.5. The maximum absolute atomic E-state index is 13.6. The molecule has 0 radical (unpaired) electrons. The molecule has 6 rings (SSSR count). The Bertz CT molecular complexity index is 1810. The number of nitrogens with zero attached hydrogens (tertiary/aromatic N) is 2. The van der Waals surface area contributed by atoms with Gasteiger partial charge in [0.25, 0.3) is 5.91 Å². The van der Waals surface area contributed by atoms with E-state index < -0.39 is 16.0 Å². The number of aromatic amines is 1. The number of likely N-dealkylation sites (tertiary alicyclic amines) is 2. The number of hydrogen-bond acceptors (Lipinski definition) is 5. The summed E-state index contributed by atoms with van der Waals surface area (Å²) in [5.41, 5.74) is 4.88. The van der Waals surface area contributed by atoms with Crippen LogP contribution in [0.2, 0.25) is 10.0 Å². The van der Waals surface area contributed by atoms with Crippen molar-refractivity contribution in [1.29, 1.82) is 0 Å². The number of amides is 2. The molecule has 2 aromatic carbocycles. The zero-order chi connectivity index (χ0) is 32.7. The largest absolute Gasteiger partial charge is 0.359 e. The molecule has 3 aromatic rings. The van der Waals surface area contributed by atoms with E-state index in [-0.39, 0.29) is 45.0 Å². The van der Waals surface area contributed by atoms with Crippen LogP contribution in [0.4, 0.5) is 10.1 Å². The Morgan fingerprint density at radius 3 is 2.48 bits per heavy atom. The van der Waals surface area contributed by atoms with Gasteiger partial charge in [0.2, 0.25) is 5.91 Å². The summed E-state index contributed by atoms with van der Waals surface area (Å²) >= 11 is 12.5. The molecular weight excluding hydrogens is 650 g/mol. The van der Waals surface area contributed by atoms with E-state index in [1.165, 1.54) is 12.1 Å². The van der Waals surface area contributed by atoms with Crippen molar-refractivity contribution < 1.29 is 22.4 Å². The number of aromatic nitrogens is 1. The number of rotatable bonds is 8. The van der Waals surface area contributed by atoms with E-state index in [1.54, 1.807) is 30.3 Å². The molecule has 46 heavy (non-hydrogen) atoms. The van der Waals surface area contributed by atoms with Gasteiger partial charge in [-0.1, -0.05) is 29.3 Å². The van der Waals surface area contributed by atoms with E-state index in [2.05, 4.69) is 15.2 Å². The van der Waals surface area contributed by atoms with E-state index in [0.29, 0.717) is 47.5 Å². The molecule has 1 aromatic heterocycles. The van der Waals surface area contributed by atoms with Crippen LogP contribution in [0.25, 0.3) is 11.6 Å². The Morgan fingerprint density at radius 1 is 1.04 bits per heavy atom. The normalized spacial score (nSPS) is 20.0. The molecule has 244 valence electrons. The highest BCUT2D eigenvalue weighted by Crippen LogP contribution is 2.37. The molecule has 3 aliphatic heterocycles. The number of H-pyrrole nitrogens is 1. The molecule has 12 heteroatoms. The quantitative estimate of drug-likeness (QED) is 0.268. The average molecular weight is 688 g/mol.